The summed E-state index contributed by atoms with van der Waals surface area (Å²) in [7, 11) is 0. The fourth-order valence-corrected chi connectivity index (χ4v) is 7.97. The van der Waals surface area contributed by atoms with Crippen LogP contribution < -0.4 is 15.9 Å². The van der Waals surface area contributed by atoms with Gasteiger partial charge in [-0.2, -0.15) is 0 Å². The smallest absolute Gasteiger partial charge is 0.123 e. The summed E-state index contributed by atoms with van der Waals surface area (Å²) in [6.07, 6.45) is 4.79. The minimum atomic E-state index is -2.41. The van der Waals surface area contributed by atoms with Crippen molar-refractivity contribution in [3.8, 4) is 0 Å². The molecule has 0 bridgehead atoms. The third-order valence-electron chi connectivity index (χ3n) is 6.45. The van der Waals surface area contributed by atoms with E-state index in [-0.39, 0.29) is 11.6 Å². The van der Waals surface area contributed by atoms with Crippen molar-refractivity contribution in [2.75, 3.05) is 0 Å². The zero-order chi connectivity index (χ0) is 21.9. The molecule has 6 aromatic carbocycles. The highest BCUT2D eigenvalue weighted by Crippen LogP contribution is 2.46. The van der Waals surface area contributed by atoms with Crippen LogP contribution >= 0.6 is 6.89 Å². The van der Waals surface area contributed by atoms with Gasteiger partial charge in [0.2, 0.25) is 0 Å². The molecule has 0 unspecified atom stereocenters. The molecule has 154 valence electrons. The lowest BCUT2D eigenvalue weighted by Gasteiger charge is -2.28. The molecule has 0 aliphatic heterocycles. The normalized spacial score (nSPS) is 12.2. The van der Waals surface area contributed by atoms with Crippen molar-refractivity contribution in [1.82, 2.24) is 0 Å². The summed E-state index contributed by atoms with van der Waals surface area (Å²) in [5.41, 5.74) is 0. The van der Waals surface area contributed by atoms with E-state index in [4.69, 9.17) is 6.30 Å². The van der Waals surface area contributed by atoms with Gasteiger partial charge in [0.05, 0.1) is 0 Å². The van der Waals surface area contributed by atoms with E-state index in [1.165, 1.54) is 51.2 Å². The molecule has 0 amide bonds. The fraction of sp³-hybridized carbons (Fsp3) is 0. The Morgan fingerprint density at radius 1 is 0.500 bits per heavy atom. The number of rotatable bonds is 3. The van der Waals surface area contributed by atoms with Gasteiger partial charge in [-0.05, 0) is 79.4 Å². The molecule has 0 atom stereocenters. The zero-order valence-corrected chi connectivity index (χ0v) is 18.1. The third kappa shape index (κ3) is 2.73. The average Bonchev–Trinajstić information content (AvgIpc) is 2.83. The lowest BCUT2D eigenvalue weighted by atomic mass is 9.94. The molecule has 0 saturated carbocycles. The molecular weight excluding hydrogens is 417 g/mol. The summed E-state index contributed by atoms with van der Waals surface area (Å²) in [5.74, 6) is -0.565. The van der Waals surface area contributed by atoms with Gasteiger partial charge < -0.3 is 0 Å². The summed E-state index contributed by atoms with van der Waals surface area (Å²) in [6.45, 7) is -2.41. The molecule has 0 radical (unpaired) electrons. The quantitative estimate of drug-likeness (QED) is 0.217. The summed E-state index contributed by atoms with van der Waals surface area (Å²) in [4.78, 5) is 0. The summed E-state index contributed by atoms with van der Waals surface area (Å²) in [6, 6.07) is 32.5. The van der Waals surface area contributed by atoms with Crippen LogP contribution in [-0.2, 0) is 0 Å². The van der Waals surface area contributed by atoms with Gasteiger partial charge in [0, 0.05) is 0 Å². The van der Waals surface area contributed by atoms with Crippen molar-refractivity contribution < 1.29 is 8.78 Å². The lowest BCUT2D eigenvalue weighted by molar-refractivity contribution is 0.628. The van der Waals surface area contributed by atoms with Crippen LogP contribution in [0.3, 0.4) is 0 Å². The first-order valence-electron chi connectivity index (χ1n) is 10.5. The van der Waals surface area contributed by atoms with E-state index in [1.54, 1.807) is 0 Å². The largest absolute Gasteiger partial charge is 0.207 e. The van der Waals surface area contributed by atoms with Gasteiger partial charge in [0.1, 0.15) is 11.6 Å². The third-order valence-corrected chi connectivity index (χ3v) is 10.0. The van der Waals surface area contributed by atoms with Crippen LogP contribution in [0, 0.1) is 11.6 Å². The Morgan fingerprint density at radius 2 is 0.969 bits per heavy atom. The van der Waals surface area contributed by atoms with E-state index in [9.17, 15) is 8.78 Å². The van der Waals surface area contributed by atoms with Gasteiger partial charge in [-0.1, -0.05) is 85.2 Å². The molecule has 0 spiro atoms. The second-order valence-electron chi connectivity index (χ2n) is 8.20. The first-order valence-corrected chi connectivity index (χ1v) is 12.5. The monoisotopic (exact) mass is 436 g/mol. The molecule has 0 fully saturated rings. The number of hydrogen-bond acceptors (Lipinski definition) is 0. The van der Waals surface area contributed by atoms with Gasteiger partial charge in [0.15, 0.2) is 0 Å². The van der Waals surface area contributed by atoms with E-state index in [0.717, 1.165) is 21.3 Å². The first kappa shape index (κ1) is 19.2. The van der Waals surface area contributed by atoms with Crippen LogP contribution in [0.15, 0.2) is 103 Å². The predicted octanol–water partition coefficient (Wildman–Crippen LogP) is 6.59. The van der Waals surface area contributed by atoms with Crippen molar-refractivity contribution in [3.63, 3.8) is 0 Å². The highest BCUT2D eigenvalue weighted by atomic mass is 31.2. The van der Waals surface area contributed by atoms with E-state index in [0.29, 0.717) is 0 Å². The molecule has 0 N–H and O–H groups in total. The molecule has 0 aliphatic rings. The van der Waals surface area contributed by atoms with Gasteiger partial charge in [0.25, 0.3) is 0 Å². The summed E-state index contributed by atoms with van der Waals surface area (Å²) < 4.78 is 27.6. The summed E-state index contributed by atoms with van der Waals surface area (Å²) >= 11 is 0. The minimum absolute atomic E-state index is 0.283. The molecule has 6 rings (SSSR count). The molecule has 0 heterocycles. The van der Waals surface area contributed by atoms with E-state index in [2.05, 4.69) is 54.6 Å². The molecular formula is C29H19F2P. The van der Waals surface area contributed by atoms with E-state index < -0.39 is 6.89 Å². The zero-order valence-electron chi connectivity index (χ0n) is 17.2. The highest BCUT2D eigenvalue weighted by Gasteiger charge is 2.25. The first-order chi connectivity index (χ1) is 15.6. The van der Waals surface area contributed by atoms with Crippen LogP contribution in [0.1, 0.15) is 0 Å². The Hall–Kier alpha value is -3.48. The Balaban J connectivity index is 1.75. The molecule has 0 saturated heterocycles. The van der Waals surface area contributed by atoms with E-state index in [1.807, 2.05) is 24.3 Å². The highest BCUT2D eigenvalue weighted by molar-refractivity contribution is 7.93. The maximum absolute atomic E-state index is 13.8. The maximum Gasteiger partial charge on any atom is 0.123 e. The van der Waals surface area contributed by atoms with Crippen LogP contribution in [0.25, 0.3) is 32.3 Å². The van der Waals surface area contributed by atoms with Crippen molar-refractivity contribution in [1.29, 1.82) is 0 Å². The lowest BCUT2D eigenvalue weighted by Crippen LogP contribution is -2.26. The second-order valence-corrected chi connectivity index (χ2v) is 11.3. The van der Waals surface area contributed by atoms with Crippen molar-refractivity contribution in [2.45, 2.75) is 0 Å². The number of benzene rings is 6. The van der Waals surface area contributed by atoms with Crippen LogP contribution in [-0.4, -0.2) is 6.30 Å². The predicted molar refractivity (Wildman–Crippen MR) is 136 cm³/mol. The van der Waals surface area contributed by atoms with Crippen LogP contribution in [0.4, 0.5) is 8.78 Å². The topological polar surface area (TPSA) is 0 Å². The van der Waals surface area contributed by atoms with Gasteiger partial charge >= 0.3 is 0 Å². The van der Waals surface area contributed by atoms with Crippen molar-refractivity contribution in [3.05, 3.63) is 115 Å². The molecule has 3 heteroatoms. The van der Waals surface area contributed by atoms with Gasteiger partial charge in [-0.25, -0.2) is 8.78 Å². The second kappa shape index (κ2) is 7.02. The van der Waals surface area contributed by atoms with Gasteiger partial charge in [-0.3, -0.25) is 0 Å². The Kier molecular flexibility index (Phi) is 4.22. The molecule has 0 nitrogen and oxygen atoms in total. The Bertz CT molecular complexity index is 1580. The van der Waals surface area contributed by atoms with Crippen molar-refractivity contribution >= 4 is 61.4 Å². The van der Waals surface area contributed by atoms with Gasteiger partial charge in [-0.15, -0.1) is 0 Å². The van der Waals surface area contributed by atoms with E-state index >= 15 is 0 Å². The number of halogens is 2. The molecule has 32 heavy (non-hydrogen) atoms. The number of hydrogen-bond donors (Lipinski definition) is 0. The Morgan fingerprint density at radius 3 is 1.53 bits per heavy atom. The molecule has 6 aromatic rings. The molecule has 0 aromatic heterocycles. The Labute approximate surface area is 185 Å². The van der Waals surface area contributed by atoms with Crippen molar-refractivity contribution in [2.24, 2.45) is 0 Å². The standard InChI is InChI=1S/C29H19F2P/c1-32(24-13-9-22(30)10-14-24,25-15-11-23(31)12-16-25)27-18-8-21-6-5-19-3-2-4-20-7-17-26(27)29(21)28(19)20/h2-18H,1H2. The van der Waals surface area contributed by atoms with Crippen LogP contribution in [0.2, 0.25) is 0 Å². The minimum Gasteiger partial charge on any atom is -0.207 e. The molecule has 0 aliphatic carbocycles. The fourth-order valence-electron chi connectivity index (χ4n) is 4.87. The van der Waals surface area contributed by atoms with Crippen LogP contribution in [0.5, 0.6) is 0 Å². The SMILES string of the molecule is C=P(c1ccc(F)cc1)(c1ccc(F)cc1)c1ccc2ccc3cccc4ccc1c2c34. The maximum atomic E-state index is 13.8. The average molecular weight is 436 g/mol. The summed E-state index contributed by atoms with van der Waals surface area (Å²) in [5, 5.41) is 10.2.